The van der Waals surface area contributed by atoms with Crippen LogP contribution in [-0.2, 0) is 11.2 Å². The Balaban J connectivity index is 1.20. The van der Waals surface area contributed by atoms with Gasteiger partial charge in [-0.15, -0.1) is 10.2 Å². The molecule has 0 saturated carbocycles. The Labute approximate surface area is 205 Å². The van der Waals surface area contributed by atoms with Crippen molar-refractivity contribution in [1.82, 2.24) is 25.1 Å². The van der Waals surface area contributed by atoms with Crippen LogP contribution in [0.15, 0.2) is 90.0 Å². The van der Waals surface area contributed by atoms with Crippen LogP contribution in [0.2, 0.25) is 0 Å². The quantitative estimate of drug-likeness (QED) is 0.325. The zero-order chi connectivity index (χ0) is 24.0. The molecule has 5 aromatic rings. The summed E-state index contributed by atoms with van der Waals surface area (Å²) in [5, 5.41) is 21.6. The van der Waals surface area contributed by atoms with Crippen LogP contribution in [0.1, 0.15) is 16.2 Å². The molecule has 2 aromatic heterocycles. The topological polar surface area (TPSA) is 101 Å². The number of benzene rings is 3. The monoisotopic (exact) mass is 482 g/mol. The average molecular weight is 483 g/mol. The Morgan fingerprint density at radius 3 is 2.54 bits per heavy atom. The van der Waals surface area contributed by atoms with E-state index >= 15 is 0 Å². The summed E-state index contributed by atoms with van der Waals surface area (Å²) in [4.78, 5) is 24.8. The molecular formula is C26H22N6O2S. The standard InChI is InChI=1S/C26H22N6O2S/c33-24(28-21-12-6-10-18-7-4-5-11-20(18)21)17-35-25-14-13-22-29-30-23(32(22)31-25)15-16-27-26(34)19-8-2-1-3-9-19/h1-14H,15-17H2,(H,27,34)(H,28,33). The molecule has 0 saturated heterocycles. The zero-order valence-electron chi connectivity index (χ0n) is 18.7. The second-order valence-corrected chi connectivity index (χ2v) is 8.79. The molecule has 35 heavy (non-hydrogen) atoms. The number of nitrogens with zero attached hydrogens (tertiary/aromatic N) is 4. The smallest absolute Gasteiger partial charge is 0.251 e. The number of hydrogen-bond donors (Lipinski definition) is 2. The predicted octanol–water partition coefficient (Wildman–Crippen LogP) is 3.98. The van der Waals surface area contributed by atoms with E-state index in [0.717, 1.165) is 16.5 Å². The van der Waals surface area contributed by atoms with Gasteiger partial charge in [0, 0.05) is 29.6 Å². The van der Waals surface area contributed by atoms with E-state index in [1.165, 1.54) is 11.8 Å². The van der Waals surface area contributed by atoms with Crippen LogP contribution in [0.25, 0.3) is 16.4 Å². The van der Waals surface area contributed by atoms with Crippen molar-refractivity contribution in [2.75, 3.05) is 17.6 Å². The number of aromatic nitrogens is 4. The summed E-state index contributed by atoms with van der Waals surface area (Å²) in [6.45, 7) is 0.404. The van der Waals surface area contributed by atoms with E-state index < -0.39 is 0 Å². The number of carbonyl (C=O) groups is 2. The zero-order valence-corrected chi connectivity index (χ0v) is 19.5. The number of fused-ring (bicyclic) bond motifs is 2. The van der Waals surface area contributed by atoms with Crippen LogP contribution in [0.4, 0.5) is 5.69 Å². The molecule has 0 radical (unpaired) electrons. The van der Waals surface area contributed by atoms with Crippen molar-refractivity contribution in [3.8, 4) is 0 Å². The third-order valence-electron chi connectivity index (χ3n) is 5.39. The van der Waals surface area contributed by atoms with Crippen LogP contribution >= 0.6 is 11.8 Å². The van der Waals surface area contributed by atoms with E-state index in [-0.39, 0.29) is 17.6 Å². The first-order valence-corrected chi connectivity index (χ1v) is 12.1. The van der Waals surface area contributed by atoms with Crippen molar-refractivity contribution in [3.63, 3.8) is 0 Å². The molecule has 0 atom stereocenters. The fourth-order valence-electron chi connectivity index (χ4n) is 3.69. The third kappa shape index (κ3) is 5.30. The van der Waals surface area contributed by atoms with Gasteiger partial charge in [0.05, 0.1) is 5.75 Å². The maximum Gasteiger partial charge on any atom is 0.251 e. The number of nitrogens with one attached hydrogen (secondary N) is 2. The van der Waals surface area contributed by atoms with E-state index in [1.807, 2.05) is 72.8 Å². The van der Waals surface area contributed by atoms with Crippen molar-refractivity contribution in [1.29, 1.82) is 0 Å². The van der Waals surface area contributed by atoms with Crippen LogP contribution in [-0.4, -0.2) is 43.9 Å². The Kier molecular flexibility index (Phi) is 6.67. The molecular weight excluding hydrogens is 460 g/mol. The average Bonchev–Trinajstić information content (AvgIpc) is 3.30. The van der Waals surface area contributed by atoms with Crippen LogP contribution < -0.4 is 10.6 Å². The van der Waals surface area contributed by atoms with Gasteiger partial charge in [0.25, 0.3) is 5.91 Å². The lowest BCUT2D eigenvalue weighted by Gasteiger charge is -2.08. The summed E-state index contributed by atoms with van der Waals surface area (Å²) in [5.41, 5.74) is 2.01. The molecule has 2 amide bonds. The number of hydrogen-bond acceptors (Lipinski definition) is 6. The van der Waals surface area contributed by atoms with Gasteiger partial charge in [0.2, 0.25) is 5.91 Å². The van der Waals surface area contributed by atoms with Gasteiger partial charge in [-0.2, -0.15) is 9.61 Å². The molecule has 5 rings (SSSR count). The fourth-order valence-corrected chi connectivity index (χ4v) is 4.34. The van der Waals surface area contributed by atoms with Gasteiger partial charge in [0.15, 0.2) is 11.5 Å². The lowest BCUT2D eigenvalue weighted by Crippen LogP contribution is -2.26. The van der Waals surface area contributed by atoms with Gasteiger partial charge in [-0.05, 0) is 35.7 Å². The number of anilines is 1. The van der Waals surface area contributed by atoms with Crippen molar-refractivity contribution >= 4 is 45.7 Å². The molecule has 0 aliphatic carbocycles. The Morgan fingerprint density at radius 1 is 0.857 bits per heavy atom. The predicted molar refractivity (Wildman–Crippen MR) is 137 cm³/mol. The minimum absolute atomic E-state index is 0.110. The van der Waals surface area contributed by atoms with E-state index in [2.05, 4.69) is 25.9 Å². The highest BCUT2D eigenvalue weighted by Gasteiger charge is 2.11. The molecule has 0 aliphatic heterocycles. The van der Waals surface area contributed by atoms with Gasteiger partial charge in [0.1, 0.15) is 5.03 Å². The van der Waals surface area contributed by atoms with Gasteiger partial charge < -0.3 is 10.6 Å². The van der Waals surface area contributed by atoms with Crippen molar-refractivity contribution in [3.05, 3.63) is 96.3 Å². The highest BCUT2D eigenvalue weighted by atomic mass is 32.2. The highest BCUT2D eigenvalue weighted by molar-refractivity contribution is 7.99. The van der Waals surface area contributed by atoms with Gasteiger partial charge in [-0.3, -0.25) is 9.59 Å². The number of thioether (sulfide) groups is 1. The summed E-state index contributed by atoms with van der Waals surface area (Å²) < 4.78 is 1.65. The first kappa shape index (κ1) is 22.5. The Hall–Kier alpha value is -4.24. The van der Waals surface area contributed by atoms with Gasteiger partial charge >= 0.3 is 0 Å². The molecule has 3 aromatic carbocycles. The number of rotatable bonds is 8. The highest BCUT2D eigenvalue weighted by Crippen LogP contribution is 2.23. The molecule has 9 heteroatoms. The maximum absolute atomic E-state index is 12.6. The molecule has 0 aliphatic rings. The summed E-state index contributed by atoms with van der Waals surface area (Å²) in [5.74, 6) is 0.601. The Bertz CT molecular complexity index is 1500. The molecule has 0 fully saturated rings. The van der Waals surface area contributed by atoms with E-state index in [4.69, 9.17) is 0 Å². The molecule has 8 nitrogen and oxygen atoms in total. The van der Waals surface area contributed by atoms with E-state index in [9.17, 15) is 9.59 Å². The molecule has 0 spiro atoms. The second kappa shape index (κ2) is 10.4. The van der Waals surface area contributed by atoms with Gasteiger partial charge in [-0.1, -0.05) is 66.4 Å². The summed E-state index contributed by atoms with van der Waals surface area (Å²) in [6.07, 6.45) is 0.475. The first-order chi connectivity index (χ1) is 17.2. The SMILES string of the molecule is O=C(CSc1ccc2nnc(CCNC(=O)c3ccccc3)n2n1)Nc1cccc2ccccc12. The lowest BCUT2D eigenvalue weighted by atomic mass is 10.1. The minimum atomic E-state index is -0.138. The largest absolute Gasteiger partial charge is 0.352 e. The van der Waals surface area contributed by atoms with Gasteiger partial charge in [-0.25, -0.2) is 0 Å². The third-order valence-corrected chi connectivity index (χ3v) is 6.31. The molecule has 174 valence electrons. The van der Waals surface area contributed by atoms with Crippen molar-refractivity contribution in [2.24, 2.45) is 0 Å². The van der Waals surface area contributed by atoms with Crippen LogP contribution in [0, 0.1) is 0 Å². The summed E-state index contributed by atoms with van der Waals surface area (Å²) >= 11 is 1.34. The fraction of sp³-hybridized carbons (Fsp3) is 0.115. The Morgan fingerprint density at radius 2 is 1.66 bits per heavy atom. The normalized spacial score (nSPS) is 11.0. The van der Waals surface area contributed by atoms with E-state index in [0.29, 0.717) is 35.0 Å². The van der Waals surface area contributed by atoms with Crippen molar-refractivity contribution in [2.45, 2.75) is 11.4 Å². The van der Waals surface area contributed by atoms with Crippen LogP contribution in [0.5, 0.6) is 0 Å². The molecule has 0 unspecified atom stereocenters. The summed E-state index contributed by atoms with van der Waals surface area (Å²) in [6, 6.07) is 26.5. The summed E-state index contributed by atoms with van der Waals surface area (Å²) in [7, 11) is 0. The maximum atomic E-state index is 12.6. The first-order valence-electron chi connectivity index (χ1n) is 11.1. The lowest BCUT2D eigenvalue weighted by molar-refractivity contribution is -0.113. The molecule has 2 N–H and O–H groups in total. The number of amides is 2. The second-order valence-electron chi connectivity index (χ2n) is 7.79. The number of carbonyl (C=O) groups excluding carboxylic acids is 2. The molecule has 2 heterocycles. The van der Waals surface area contributed by atoms with Crippen LogP contribution in [0.3, 0.4) is 0 Å². The van der Waals surface area contributed by atoms with Crippen molar-refractivity contribution < 1.29 is 9.59 Å². The van der Waals surface area contributed by atoms with E-state index in [1.54, 1.807) is 16.6 Å². The molecule has 0 bridgehead atoms. The minimum Gasteiger partial charge on any atom is -0.352 e.